The molecule has 0 aliphatic heterocycles. The summed E-state index contributed by atoms with van der Waals surface area (Å²) in [5, 5.41) is 0. The molecule has 0 saturated heterocycles. The minimum Gasteiger partial charge on any atom is -0.454 e. The highest BCUT2D eigenvalue weighted by Crippen LogP contribution is 2.53. The molecule has 1 saturated carbocycles. The molecular formula is C10H12Br2O. The van der Waals surface area contributed by atoms with Crippen LogP contribution in [0.5, 0.6) is 0 Å². The molecule has 0 amide bonds. The van der Waals surface area contributed by atoms with Crippen LogP contribution in [0, 0.1) is 5.41 Å². The third-order valence-electron chi connectivity index (χ3n) is 2.89. The van der Waals surface area contributed by atoms with Gasteiger partial charge in [0.15, 0.2) is 4.67 Å². The Bertz CT molecular complexity index is 300. The number of alkyl halides is 1. The van der Waals surface area contributed by atoms with E-state index in [-0.39, 0.29) is 0 Å². The zero-order valence-electron chi connectivity index (χ0n) is 7.52. The Balaban J connectivity index is 2.06. The van der Waals surface area contributed by atoms with Crippen LogP contribution in [-0.2, 0) is 6.42 Å². The van der Waals surface area contributed by atoms with Crippen LogP contribution >= 0.6 is 31.9 Å². The van der Waals surface area contributed by atoms with E-state index in [1.807, 2.05) is 6.07 Å². The summed E-state index contributed by atoms with van der Waals surface area (Å²) in [6.45, 7) is 2.23. The quantitative estimate of drug-likeness (QED) is 0.765. The lowest BCUT2D eigenvalue weighted by atomic mass is 9.98. The molecule has 1 heterocycles. The molecule has 1 unspecified atom stereocenters. The molecule has 1 nitrogen and oxygen atoms in total. The number of rotatable bonds is 3. The third-order valence-corrected chi connectivity index (χ3v) is 4.29. The van der Waals surface area contributed by atoms with Crippen LogP contribution in [0.25, 0.3) is 0 Å². The smallest absolute Gasteiger partial charge is 0.169 e. The van der Waals surface area contributed by atoms with E-state index >= 15 is 0 Å². The fourth-order valence-corrected chi connectivity index (χ4v) is 2.63. The Morgan fingerprint density at radius 1 is 1.54 bits per heavy atom. The largest absolute Gasteiger partial charge is 0.454 e. The van der Waals surface area contributed by atoms with Crippen LogP contribution in [0.4, 0.5) is 0 Å². The van der Waals surface area contributed by atoms with Crippen molar-refractivity contribution in [2.75, 3.05) is 0 Å². The topological polar surface area (TPSA) is 13.1 Å². The lowest BCUT2D eigenvalue weighted by Gasteiger charge is -2.15. The van der Waals surface area contributed by atoms with Crippen LogP contribution in [0.1, 0.15) is 25.5 Å². The van der Waals surface area contributed by atoms with Gasteiger partial charge in [0, 0.05) is 11.2 Å². The first-order valence-corrected chi connectivity index (χ1v) is 6.22. The van der Waals surface area contributed by atoms with Crippen molar-refractivity contribution >= 4 is 31.9 Å². The summed E-state index contributed by atoms with van der Waals surface area (Å²) in [5.74, 6) is 1.09. The van der Waals surface area contributed by atoms with E-state index in [4.69, 9.17) is 4.42 Å². The summed E-state index contributed by atoms with van der Waals surface area (Å²) in [6, 6.07) is 4.02. The van der Waals surface area contributed by atoms with E-state index in [0.29, 0.717) is 10.2 Å². The Morgan fingerprint density at radius 2 is 2.23 bits per heavy atom. The number of halogens is 2. The molecule has 0 spiro atoms. The fourth-order valence-electron chi connectivity index (χ4n) is 1.67. The molecule has 2 rings (SSSR count). The monoisotopic (exact) mass is 306 g/mol. The fraction of sp³-hybridized carbons (Fsp3) is 0.600. The average Bonchev–Trinajstić information content (AvgIpc) is 2.72. The minimum atomic E-state index is 0.470. The first-order chi connectivity index (χ1) is 6.12. The summed E-state index contributed by atoms with van der Waals surface area (Å²) in [4.78, 5) is 0.587. The highest BCUT2D eigenvalue weighted by Gasteiger charge is 2.46. The normalized spacial score (nSPS) is 21.5. The molecule has 1 aliphatic rings. The molecule has 1 aromatic rings. The van der Waals surface area contributed by atoms with Gasteiger partial charge in [0.2, 0.25) is 0 Å². The van der Waals surface area contributed by atoms with Crippen molar-refractivity contribution in [3.63, 3.8) is 0 Å². The first-order valence-electron chi connectivity index (χ1n) is 4.51. The Hall–Kier alpha value is 0.240. The van der Waals surface area contributed by atoms with Crippen molar-refractivity contribution in [2.45, 2.75) is 31.0 Å². The van der Waals surface area contributed by atoms with Crippen LogP contribution in [0.2, 0.25) is 0 Å². The predicted molar refractivity (Wildman–Crippen MR) is 60.2 cm³/mol. The van der Waals surface area contributed by atoms with Gasteiger partial charge in [-0.25, -0.2) is 0 Å². The molecule has 0 N–H and O–H groups in total. The lowest BCUT2D eigenvalue weighted by Crippen LogP contribution is -2.14. The van der Waals surface area contributed by atoms with Crippen molar-refractivity contribution in [3.05, 3.63) is 22.6 Å². The summed E-state index contributed by atoms with van der Waals surface area (Å²) in [5.41, 5.74) is 0.470. The van der Waals surface area contributed by atoms with E-state index in [1.54, 1.807) is 0 Å². The SMILES string of the molecule is CC(Br)C1(Cc2ccc(Br)o2)CC1. The molecule has 1 aromatic heterocycles. The van der Waals surface area contributed by atoms with Crippen molar-refractivity contribution < 1.29 is 4.42 Å². The van der Waals surface area contributed by atoms with Gasteiger partial charge in [-0.05, 0) is 46.3 Å². The minimum absolute atomic E-state index is 0.470. The summed E-state index contributed by atoms with van der Waals surface area (Å²) < 4.78 is 6.34. The maximum atomic E-state index is 5.51. The Kier molecular flexibility index (Phi) is 2.58. The van der Waals surface area contributed by atoms with E-state index in [9.17, 15) is 0 Å². The molecule has 13 heavy (non-hydrogen) atoms. The van der Waals surface area contributed by atoms with E-state index in [2.05, 4.69) is 44.8 Å². The van der Waals surface area contributed by atoms with Gasteiger partial charge >= 0.3 is 0 Å². The van der Waals surface area contributed by atoms with Crippen molar-refractivity contribution in [2.24, 2.45) is 5.41 Å². The summed E-state index contributed by atoms with van der Waals surface area (Å²) >= 11 is 6.99. The van der Waals surface area contributed by atoms with E-state index in [1.165, 1.54) is 12.8 Å². The van der Waals surface area contributed by atoms with Crippen LogP contribution < -0.4 is 0 Å². The molecule has 0 bridgehead atoms. The molecule has 0 aromatic carbocycles. The molecule has 1 atom stereocenters. The first kappa shape index (κ1) is 9.78. The van der Waals surface area contributed by atoms with Crippen LogP contribution in [-0.4, -0.2) is 4.83 Å². The Labute approximate surface area is 95.1 Å². The highest BCUT2D eigenvalue weighted by molar-refractivity contribution is 9.10. The second kappa shape index (κ2) is 3.43. The molecule has 1 fully saturated rings. The summed E-state index contributed by atoms with van der Waals surface area (Å²) in [6.07, 6.45) is 3.69. The van der Waals surface area contributed by atoms with Gasteiger partial charge < -0.3 is 4.42 Å². The molecule has 72 valence electrons. The summed E-state index contributed by atoms with van der Waals surface area (Å²) in [7, 11) is 0. The second-order valence-corrected chi connectivity index (χ2v) is 6.02. The maximum Gasteiger partial charge on any atom is 0.169 e. The van der Waals surface area contributed by atoms with Crippen molar-refractivity contribution in [3.8, 4) is 0 Å². The van der Waals surface area contributed by atoms with Crippen molar-refractivity contribution in [1.82, 2.24) is 0 Å². The van der Waals surface area contributed by atoms with Gasteiger partial charge in [0.25, 0.3) is 0 Å². The van der Waals surface area contributed by atoms with Gasteiger partial charge in [-0.2, -0.15) is 0 Å². The van der Waals surface area contributed by atoms with E-state index < -0.39 is 0 Å². The average molecular weight is 308 g/mol. The number of hydrogen-bond acceptors (Lipinski definition) is 1. The van der Waals surface area contributed by atoms with Gasteiger partial charge in [0.1, 0.15) is 5.76 Å². The lowest BCUT2D eigenvalue weighted by molar-refractivity contribution is 0.414. The zero-order chi connectivity index (χ0) is 9.47. The molecule has 0 radical (unpaired) electrons. The van der Waals surface area contributed by atoms with Gasteiger partial charge in [-0.3, -0.25) is 0 Å². The molecule has 3 heteroatoms. The second-order valence-electron chi connectivity index (χ2n) is 3.86. The predicted octanol–water partition coefficient (Wildman–Crippen LogP) is 4.15. The Morgan fingerprint density at radius 3 is 2.62 bits per heavy atom. The van der Waals surface area contributed by atoms with Gasteiger partial charge in [-0.1, -0.05) is 22.9 Å². The van der Waals surface area contributed by atoms with Crippen LogP contribution in [0.15, 0.2) is 21.2 Å². The van der Waals surface area contributed by atoms with Gasteiger partial charge in [-0.15, -0.1) is 0 Å². The zero-order valence-corrected chi connectivity index (χ0v) is 10.7. The standard InChI is InChI=1S/C10H12Br2O/c1-7(11)10(4-5-10)6-8-2-3-9(12)13-8/h2-3,7H,4-6H2,1H3. The van der Waals surface area contributed by atoms with Gasteiger partial charge in [0.05, 0.1) is 0 Å². The molecule has 1 aliphatic carbocycles. The molecular weight excluding hydrogens is 296 g/mol. The third kappa shape index (κ3) is 2.01. The maximum absolute atomic E-state index is 5.51. The number of hydrogen-bond donors (Lipinski definition) is 0. The number of furan rings is 1. The van der Waals surface area contributed by atoms with Crippen LogP contribution in [0.3, 0.4) is 0 Å². The highest BCUT2D eigenvalue weighted by atomic mass is 79.9. The van der Waals surface area contributed by atoms with E-state index in [0.717, 1.165) is 16.9 Å². The van der Waals surface area contributed by atoms with Crippen molar-refractivity contribution in [1.29, 1.82) is 0 Å².